The maximum absolute atomic E-state index is 14.1. The Morgan fingerprint density at radius 1 is 1.06 bits per heavy atom. The minimum atomic E-state index is -0.00193. The maximum atomic E-state index is 14.1. The zero-order valence-corrected chi connectivity index (χ0v) is 20.6. The van der Waals surface area contributed by atoms with Gasteiger partial charge in [0.1, 0.15) is 0 Å². The van der Waals surface area contributed by atoms with Crippen LogP contribution in [0.5, 0.6) is 0 Å². The number of nitrogens with zero attached hydrogens (tertiary/aromatic N) is 3. The standard InChI is InChI=1S/C28H35N5O2/c1-2-33-27-23(17-29-33)26(30-21-11-13-35-14-12-21)24(25(32-27)18-7-3-4-8-18)28(34)31-22-15-19-9-5-6-10-20(19)16-22/h5-6,9-10,17-18,21-22H,2-4,7-8,11-16H2,1H3,(H,30,32)(H,31,34). The minimum Gasteiger partial charge on any atom is -0.381 e. The van der Waals surface area contributed by atoms with Crippen molar-refractivity contribution >= 4 is 22.6 Å². The molecular formula is C28H35N5O2. The van der Waals surface area contributed by atoms with Crippen molar-refractivity contribution in [3.05, 3.63) is 52.8 Å². The largest absolute Gasteiger partial charge is 0.381 e. The van der Waals surface area contributed by atoms with E-state index in [-0.39, 0.29) is 18.0 Å². The third kappa shape index (κ3) is 4.31. The molecule has 1 aliphatic heterocycles. The van der Waals surface area contributed by atoms with Crippen LogP contribution in [0.3, 0.4) is 0 Å². The SMILES string of the molecule is CCn1ncc2c(NC3CCOCC3)c(C(=O)NC3Cc4ccccc4C3)c(C3CCCC3)nc21. The molecule has 2 aliphatic carbocycles. The van der Waals surface area contributed by atoms with Gasteiger partial charge in [0, 0.05) is 37.8 Å². The molecule has 3 heterocycles. The molecule has 1 saturated heterocycles. The van der Waals surface area contributed by atoms with E-state index in [0.29, 0.717) is 5.92 Å². The van der Waals surface area contributed by atoms with E-state index in [1.165, 1.54) is 24.0 Å². The van der Waals surface area contributed by atoms with Gasteiger partial charge >= 0.3 is 0 Å². The third-order valence-electron chi connectivity index (χ3n) is 8.04. The summed E-state index contributed by atoms with van der Waals surface area (Å²) in [5.41, 5.74) is 6.17. The molecule has 0 atom stereocenters. The van der Waals surface area contributed by atoms with E-state index >= 15 is 0 Å². The molecule has 7 nitrogen and oxygen atoms in total. The second kappa shape index (κ2) is 9.61. The topological polar surface area (TPSA) is 81.1 Å². The molecule has 2 fully saturated rings. The number of amides is 1. The van der Waals surface area contributed by atoms with Crippen molar-refractivity contribution in [3.8, 4) is 0 Å². The lowest BCUT2D eigenvalue weighted by molar-refractivity contribution is 0.0903. The number of carbonyl (C=O) groups is 1. The Labute approximate surface area is 206 Å². The number of fused-ring (bicyclic) bond motifs is 2. The first-order chi connectivity index (χ1) is 17.2. The molecule has 2 aromatic heterocycles. The van der Waals surface area contributed by atoms with Crippen molar-refractivity contribution in [2.24, 2.45) is 0 Å². The van der Waals surface area contributed by atoms with Crippen LogP contribution in [0.1, 0.15) is 78.5 Å². The molecule has 3 aliphatic rings. The Hall–Kier alpha value is -2.93. The number of benzene rings is 1. The van der Waals surface area contributed by atoms with Gasteiger partial charge in [-0.05, 0) is 56.6 Å². The Morgan fingerprint density at radius 3 is 2.46 bits per heavy atom. The normalized spacial score (nSPS) is 19.3. The molecule has 0 bridgehead atoms. The fourth-order valence-electron chi connectivity index (χ4n) is 6.18. The van der Waals surface area contributed by atoms with Crippen molar-refractivity contribution < 1.29 is 9.53 Å². The van der Waals surface area contributed by atoms with Crippen LogP contribution in [0.4, 0.5) is 5.69 Å². The monoisotopic (exact) mass is 473 g/mol. The first-order valence-electron chi connectivity index (χ1n) is 13.3. The number of nitrogens with one attached hydrogen (secondary N) is 2. The molecular weight excluding hydrogens is 438 g/mol. The summed E-state index contributed by atoms with van der Waals surface area (Å²) < 4.78 is 7.56. The van der Waals surface area contributed by atoms with Gasteiger partial charge in [-0.25, -0.2) is 9.67 Å². The van der Waals surface area contributed by atoms with E-state index in [1.807, 2.05) is 10.9 Å². The number of carbonyl (C=O) groups excluding carboxylic acids is 1. The van der Waals surface area contributed by atoms with Gasteiger partial charge in [0.05, 0.1) is 28.5 Å². The van der Waals surface area contributed by atoms with E-state index in [1.54, 1.807) is 0 Å². The van der Waals surface area contributed by atoms with E-state index in [4.69, 9.17) is 9.72 Å². The molecule has 1 aromatic carbocycles. The lowest BCUT2D eigenvalue weighted by Crippen LogP contribution is -2.37. The van der Waals surface area contributed by atoms with Gasteiger partial charge in [0.2, 0.25) is 0 Å². The van der Waals surface area contributed by atoms with Crippen LogP contribution in [0.25, 0.3) is 11.0 Å². The number of anilines is 1. The minimum absolute atomic E-state index is 0.00193. The molecule has 35 heavy (non-hydrogen) atoms. The zero-order valence-electron chi connectivity index (χ0n) is 20.6. The van der Waals surface area contributed by atoms with Crippen LogP contribution in [0.15, 0.2) is 30.5 Å². The Kier molecular flexibility index (Phi) is 6.19. The third-order valence-corrected chi connectivity index (χ3v) is 8.04. The highest BCUT2D eigenvalue weighted by atomic mass is 16.5. The van der Waals surface area contributed by atoms with Crippen LogP contribution in [0, 0.1) is 0 Å². The average Bonchev–Trinajstić information content (AvgIpc) is 3.63. The lowest BCUT2D eigenvalue weighted by atomic mass is 9.94. The summed E-state index contributed by atoms with van der Waals surface area (Å²) in [6.07, 6.45) is 10.1. The summed E-state index contributed by atoms with van der Waals surface area (Å²) in [5, 5.41) is 12.7. The summed E-state index contributed by atoms with van der Waals surface area (Å²) in [5.74, 6) is 0.314. The number of ether oxygens (including phenoxy) is 1. The highest BCUT2D eigenvalue weighted by Crippen LogP contribution is 2.40. The number of hydrogen-bond acceptors (Lipinski definition) is 5. The fourth-order valence-corrected chi connectivity index (χ4v) is 6.18. The quantitative estimate of drug-likeness (QED) is 0.547. The molecule has 7 heteroatoms. The van der Waals surface area contributed by atoms with Gasteiger partial charge in [0.25, 0.3) is 5.91 Å². The first kappa shape index (κ1) is 22.5. The van der Waals surface area contributed by atoms with E-state index in [9.17, 15) is 4.79 Å². The van der Waals surface area contributed by atoms with Gasteiger partial charge in [-0.2, -0.15) is 5.10 Å². The number of rotatable bonds is 6. The van der Waals surface area contributed by atoms with Crippen molar-refractivity contribution in [1.29, 1.82) is 0 Å². The van der Waals surface area contributed by atoms with Crippen molar-refractivity contribution in [2.45, 2.75) is 82.8 Å². The smallest absolute Gasteiger partial charge is 0.255 e. The van der Waals surface area contributed by atoms with Crippen LogP contribution in [0.2, 0.25) is 0 Å². The molecule has 2 N–H and O–H groups in total. The van der Waals surface area contributed by atoms with E-state index in [0.717, 1.165) is 86.3 Å². The molecule has 0 unspecified atom stereocenters. The van der Waals surface area contributed by atoms with Gasteiger partial charge in [-0.3, -0.25) is 4.79 Å². The molecule has 3 aromatic rings. The molecule has 0 spiro atoms. The van der Waals surface area contributed by atoms with Crippen molar-refractivity contribution in [2.75, 3.05) is 18.5 Å². The highest BCUT2D eigenvalue weighted by Gasteiger charge is 2.32. The molecule has 1 saturated carbocycles. The predicted molar refractivity (Wildman–Crippen MR) is 137 cm³/mol. The Balaban J connectivity index is 1.42. The lowest BCUT2D eigenvalue weighted by Gasteiger charge is -2.27. The predicted octanol–water partition coefficient (Wildman–Crippen LogP) is 4.60. The van der Waals surface area contributed by atoms with Crippen LogP contribution < -0.4 is 10.6 Å². The zero-order chi connectivity index (χ0) is 23.8. The number of hydrogen-bond donors (Lipinski definition) is 2. The van der Waals surface area contributed by atoms with Crippen molar-refractivity contribution in [3.63, 3.8) is 0 Å². The van der Waals surface area contributed by atoms with E-state index < -0.39 is 0 Å². The number of aromatic nitrogens is 3. The summed E-state index contributed by atoms with van der Waals surface area (Å²) >= 11 is 0. The Bertz CT molecular complexity index is 1200. The first-order valence-corrected chi connectivity index (χ1v) is 13.3. The average molecular weight is 474 g/mol. The fraction of sp³-hybridized carbons (Fsp3) is 0.536. The van der Waals surface area contributed by atoms with Gasteiger partial charge in [0.15, 0.2) is 5.65 Å². The number of aryl methyl sites for hydroxylation is 1. The Morgan fingerprint density at radius 2 is 1.77 bits per heavy atom. The summed E-state index contributed by atoms with van der Waals surface area (Å²) in [6.45, 7) is 4.34. The van der Waals surface area contributed by atoms with Crippen LogP contribution >= 0.6 is 0 Å². The second-order valence-electron chi connectivity index (χ2n) is 10.3. The van der Waals surface area contributed by atoms with E-state index in [2.05, 4.69) is 46.9 Å². The summed E-state index contributed by atoms with van der Waals surface area (Å²) in [4.78, 5) is 19.2. The van der Waals surface area contributed by atoms with Crippen molar-refractivity contribution in [1.82, 2.24) is 20.1 Å². The molecule has 0 radical (unpaired) electrons. The number of pyridine rings is 1. The van der Waals surface area contributed by atoms with Crippen LogP contribution in [-0.2, 0) is 24.1 Å². The van der Waals surface area contributed by atoms with Gasteiger partial charge in [-0.15, -0.1) is 0 Å². The second-order valence-corrected chi connectivity index (χ2v) is 10.3. The molecule has 6 rings (SSSR count). The van der Waals surface area contributed by atoms with Crippen LogP contribution in [-0.4, -0.2) is 46.0 Å². The molecule has 1 amide bonds. The molecule has 184 valence electrons. The maximum Gasteiger partial charge on any atom is 0.255 e. The van der Waals surface area contributed by atoms with Gasteiger partial charge in [-0.1, -0.05) is 37.1 Å². The van der Waals surface area contributed by atoms with Gasteiger partial charge < -0.3 is 15.4 Å². The summed E-state index contributed by atoms with van der Waals surface area (Å²) in [6, 6.07) is 8.91. The summed E-state index contributed by atoms with van der Waals surface area (Å²) in [7, 11) is 0. The highest BCUT2D eigenvalue weighted by molar-refractivity contribution is 6.08.